The van der Waals surface area contributed by atoms with Crippen molar-refractivity contribution in [2.45, 2.75) is 115 Å². The molecule has 1 heterocycles. The number of hydrogen-bond acceptors (Lipinski definition) is 14. The van der Waals surface area contributed by atoms with Gasteiger partial charge in [0.15, 0.2) is 23.6 Å². The molecule has 4 fully saturated rings. The highest BCUT2D eigenvalue weighted by molar-refractivity contribution is 5.96. The smallest absolute Gasteiger partial charge is 0.338 e. The molecular formula is C43H49NO14. The summed E-state index contributed by atoms with van der Waals surface area (Å²) in [6, 6.07) is 15.8. The molecule has 5 aliphatic rings. The Balaban J connectivity index is 1.33. The Labute approximate surface area is 335 Å². The van der Waals surface area contributed by atoms with Crippen LogP contribution in [0.5, 0.6) is 0 Å². The molecular weight excluding hydrogens is 754 g/mol. The van der Waals surface area contributed by atoms with Gasteiger partial charge in [0.1, 0.15) is 23.9 Å². The quantitative estimate of drug-likeness (QED) is 0.163. The summed E-state index contributed by atoms with van der Waals surface area (Å²) >= 11 is 0. The van der Waals surface area contributed by atoms with E-state index in [1.165, 1.54) is 19.1 Å². The van der Waals surface area contributed by atoms with Crippen LogP contribution in [0.15, 0.2) is 71.8 Å². The second-order valence-corrected chi connectivity index (χ2v) is 17.0. The fraction of sp³-hybridized carbons (Fsp3) is 0.535. The first-order valence-corrected chi connectivity index (χ1v) is 19.4. The number of nitrogens with one attached hydrogen (secondary N) is 1. The highest BCUT2D eigenvalue weighted by Crippen LogP contribution is 2.64. The average Bonchev–Trinajstić information content (AvgIpc) is 3.94. The second-order valence-electron chi connectivity index (χ2n) is 17.0. The Kier molecular flexibility index (Phi) is 10.4. The van der Waals surface area contributed by atoms with E-state index in [1.807, 2.05) is 0 Å². The molecule has 15 heteroatoms. The molecule has 2 aromatic carbocycles. The van der Waals surface area contributed by atoms with E-state index in [2.05, 4.69) is 5.32 Å². The average molecular weight is 804 g/mol. The van der Waals surface area contributed by atoms with Crippen LogP contribution >= 0.6 is 0 Å². The van der Waals surface area contributed by atoms with Gasteiger partial charge >= 0.3 is 23.9 Å². The van der Waals surface area contributed by atoms with Gasteiger partial charge in [-0.05, 0) is 55.7 Å². The Morgan fingerprint density at radius 3 is 2.07 bits per heavy atom. The number of ketones is 1. The number of benzene rings is 2. The lowest BCUT2D eigenvalue weighted by Crippen LogP contribution is -2.82. The molecule has 2 unspecified atom stereocenters. The number of amides is 1. The molecule has 12 atom stereocenters. The van der Waals surface area contributed by atoms with E-state index in [0.717, 1.165) is 13.8 Å². The van der Waals surface area contributed by atoms with Crippen molar-refractivity contribution < 1.29 is 67.8 Å². The van der Waals surface area contributed by atoms with E-state index in [0.29, 0.717) is 5.56 Å². The summed E-state index contributed by atoms with van der Waals surface area (Å²) in [5, 5.41) is 39.5. The van der Waals surface area contributed by atoms with Gasteiger partial charge in [0.05, 0.1) is 29.6 Å². The number of rotatable bonds is 9. The molecule has 310 valence electrons. The molecule has 4 aliphatic carbocycles. The summed E-state index contributed by atoms with van der Waals surface area (Å²) in [4.78, 5) is 81.8. The van der Waals surface area contributed by atoms with E-state index in [1.54, 1.807) is 69.3 Å². The molecule has 0 aromatic heterocycles. The SMILES string of the molecule is CC(=O)O[C@H]1C(=O)[C@@]2(C)[C@H]([C@H](OC(=O)c3ccccc3)[C@]3(O)C[C@H](OC(=O)[C@@H](O)C4CC4NC(=O)c4ccccc4)C(C)=C1C3(C)C)[C@]1(OC(C)=O)CO[C@@H]1C[C@@H]2O. The monoisotopic (exact) mass is 803 g/mol. The van der Waals surface area contributed by atoms with Crippen LogP contribution in [0.2, 0.25) is 0 Å². The molecule has 4 N–H and O–H groups in total. The third kappa shape index (κ3) is 6.52. The van der Waals surface area contributed by atoms with Gasteiger partial charge in [-0.1, -0.05) is 50.2 Å². The van der Waals surface area contributed by atoms with Crippen LogP contribution < -0.4 is 5.32 Å². The van der Waals surface area contributed by atoms with Crippen molar-refractivity contribution in [3.05, 3.63) is 82.9 Å². The minimum atomic E-state index is -2.33. The predicted molar refractivity (Wildman–Crippen MR) is 200 cm³/mol. The molecule has 1 aliphatic heterocycles. The molecule has 15 nitrogen and oxygen atoms in total. The molecule has 1 saturated heterocycles. The van der Waals surface area contributed by atoms with Gasteiger partial charge in [0.25, 0.3) is 5.91 Å². The van der Waals surface area contributed by atoms with Crippen LogP contribution in [0, 0.1) is 22.7 Å². The summed E-state index contributed by atoms with van der Waals surface area (Å²) in [7, 11) is 0. The maximum absolute atomic E-state index is 15.3. The normalized spacial score (nSPS) is 36.3. The molecule has 58 heavy (non-hydrogen) atoms. The number of aliphatic hydroxyl groups excluding tert-OH is 2. The largest absolute Gasteiger partial charge is 0.456 e. The number of Topliss-reactive ketones (excluding diaryl/α,β-unsaturated/α-hetero) is 1. The third-order valence-electron chi connectivity index (χ3n) is 13.3. The Morgan fingerprint density at radius 2 is 1.50 bits per heavy atom. The summed E-state index contributed by atoms with van der Waals surface area (Å²) in [6.07, 6.45) is -9.58. The van der Waals surface area contributed by atoms with Crippen LogP contribution in [-0.2, 0) is 42.9 Å². The van der Waals surface area contributed by atoms with Crippen LogP contribution in [-0.4, -0.2) is 111 Å². The number of carbonyl (C=O) groups is 6. The molecule has 3 saturated carbocycles. The zero-order chi connectivity index (χ0) is 42.1. The molecule has 0 radical (unpaired) electrons. The van der Waals surface area contributed by atoms with Crippen LogP contribution in [0.4, 0.5) is 0 Å². The minimum Gasteiger partial charge on any atom is -0.456 e. The van der Waals surface area contributed by atoms with Gasteiger partial charge in [-0.3, -0.25) is 19.2 Å². The summed E-state index contributed by atoms with van der Waals surface area (Å²) in [5.41, 5.74) is -6.95. The fourth-order valence-electron chi connectivity index (χ4n) is 9.97. The maximum atomic E-state index is 15.3. The lowest BCUT2D eigenvalue weighted by molar-refractivity contribution is -0.346. The topological polar surface area (TPSA) is 221 Å². The van der Waals surface area contributed by atoms with Gasteiger partial charge in [0, 0.05) is 49.6 Å². The fourth-order valence-corrected chi connectivity index (χ4v) is 9.97. The summed E-state index contributed by atoms with van der Waals surface area (Å²) in [6.45, 7) is 8.07. The number of fused-ring (bicyclic) bond motifs is 5. The summed E-state index contributed by atoms with van der Waals surface area (Å²) < 4.78 is 30.0. The van der Waals surface area contributed by atoms with Crippen molar-refractivity contribution in [1.82, 2.24) is 5.32 Å². The first-order valence-electron chi connectivity index (χ1n) is 19.4. The van der Waals surface area contributed by atoms with Crippen molar-refractivity contribution in [2.75, 3.05) is 6.61 Å². The summed E-state index contributed by atoms with van der Waals surface area (Å²) in [5.74, 6) is -7.06. The third-order valence-corrected chi connectivity index (χ3v) is 13.3. The van der Waals surface area contributed by atoms with E-state index < -0.39 is 113 Å². The van der Waals surface area contributed by atoms with Gasteiger partial charge < -0.3 is 44.3 Å². The van der Waals surface area contributed by atoms with Gasteiger partial charge in [-0.15, -0.1) is 0 Å². The van der Waals surface area contributed by atoms with E-state index >= 15 is 4.79 Å². The molecule has 7 rings (SSSR count). The van der Waals surface area contributed by atoms with Gasteiger partial charge in [-0.2, -0.15) is 0 Å². The van der Waals surface area contributed by atoms with Crippen LogP contribution in [0.1, 0.15) is 81.5 Å². The molecule has 2 bridgehead atoms. The van der Waals surface area contributed by atoms with Gasteiger partial charge in [-0.25, -0.2) is 9.59 Å². The first kappa shape index (κ1) is 41.2. The second kappa shape index (κ2) is 14.7. The van der Waals surface area contributed by atoms with E-state index in [4.69, 9.17) is 23.7 Å². The maximum Gasteiger partial charge on any atom is 0.338 e. The number of ether oxygens (including phenoxy) is 5. The number of aliphatic hydroxyl groups is 3. The van der Waals surface area contributed by atoms with Crippen LogP contribution in [0.3, 0.4) is 0 Å². The van der Waals surface area contributed by atoms with E-state index in [-0.39, 0.29) is 42.1 Å². The number of carbonyl (C=O) groups excluding carboxylic acids is 6. The van der Waals surface area contributed by atoms with Crippen molar-refractivity contribution in [2.24, 2.45) is 22.7 Å². The Morgan fingerprint density at radius 1 is 0.879 bits per heavy atom. The van der Waals surface area contributed by atoms with E-state index in [9.17, 15) is 39.3 Å². The lowest BCUT2D eigenvalue weighted by atomic mass is 9.44. The van der Waals surface area contributed by atoms with Crippen LogP contribution in [0.25, 0.3) is 0 Å². The van der Waals surface area contributed by atoms with Crippen molar-refractivity contribution >= 4 is 35.6 Å². The van der Waals surface area contributed by atoms with Crippen molar-refractivity contribution in [3.63, 3.8) is 0 Å². The minimum absolute atomic E-state index is 0.0364. The zero-order valence-corrected chi connectivity index (χ0v) is 33.1. The predicted octanol–water partition coefficient (Wildman–Crippen LogP) is 2.38. The standard InChI is InChI=1S/C43H49NO14/c1-21-28(56-39(52)32(48)26-17-27(26)44-37(50)24-13-9-7-10-14-24)19-43(53)36(57-38(51)25-15-11-8-12-16-25)34-41(6,29(47)18-30-42(34,20-54-30)58-23(3)46)35(49)33(55-22(2)45)31(21)40(43,4)5/h7-16,26-30,32-34,36,47-48,53H,17-20H2,1-6H3,(H,44,50)/t26?,27?,28-,29-,30+,32-,33+,34-,36-,41+,42-,43+/m0/s1. The molecule has 1 amide bonds. The Hall–Kier alpha value is -4.96. The van der Waals surface area contributed by atoms with Crippen molar-refractivity contribution in [3.8, 4) is 0 Å². The highest BCUT2D eigenvalue weighted by Gasteiger charge is 2.78. The lowest BCUT2D eigenvalue weighted by Gasteiger charge is -2.67. The van der Waals surface area contributed by atoms with Crippen molar-refractivity contribution in [1.29, 1.82) is 0 Å². The first-order chi connectivity index (χ1) is 27.3. The van der Waals surface area contributed by atoms with Gasteiger partial charge in [0.2, 0.25) is 0 Å². The number of hydrogen-bond donors (Lipinski definition) is 4. The molecule has 2 aromatic rings. The Bertz CT molecular complexity index is 2050. The number of esters is 4. The highest BCUT2D eigenvalue weighted by atomic mass is 16.6. The molecule has 0 spiro atoms. The zero-order valence-electron chi connectivity index (χ0n) is 33.1.